The molecule has 0 fully saturated rings. The van der Waals surface area contributed by atoms with Crippen molar-refractivity contribution in [2.24, 2.45) is 0 Å². The predicted octanol–water partition coefficient (Wildman–Crippen LogP) is 2.98. The van der Waals surface area contributed by atoms with E-state index in [1.165, 1.54) is 0 Å². The highest BCUT2D eigenvalue weighted by molar-refractivity contribution is 6.32. The average molecular weight is 322 g/mol. The number of nitrogens with one attached hydrogen (secondary N) is 1. The molecule has 1 aromatic carbocycles. The molecule has 6 heteroatoms. The summed E-state index contributed by atoms with van der Waals surface area (Å²) in [6.07, 6.45) is 1.78. The van der Waals surface area contributed by atoms with E-state index in [1.54, 1.807) is 24.5 Å². The van der Waals surface area contributed by atoms with E-state index in [0.29, 0.717) is 36.0 Å². The lowest BCUT2D eigenvalue weighted by molar-refractivity contribution is 0.0952. The molecule has 2 rings (SSSR count). The summed E-state index contributed by atoms with van der Waals surface area (Å²) in [7, 11) is 0. The van der Waals surface area contributed by atoms with Crippen LogP contribution in [-0.4, -0.2) is 28.6 Å². The maximum atomic E-state index is 12.1. The first-order chi connectivity index (χ1) is 10.5. The Labute approximate surface area is 135 Å². The Bertz CT molecular complexity index is 667. The van der Waals surface area contributed by atoms with E-state index < -0.39 is 0 Å². The zero-order chi connectivity index (χ0) is 16.1. The number of amides is 1. The van der Waals surface area contributed by atoms with Crippen molar-refractivity contribution < 1.29 is 9.53 Å². The summed E-state index contributed by atoms with van der Waals surface area (Å²) in [6.45, 7) is 7.61. The highest BCUT2D eigenvalue weighted by Gasteiger charge is 2.09. The first-order valence-electron chi connectivity index (χ1n) is 7.21. The number of benzene rings is 1. The molecule has 0 spiro atoms. The van der Waals surface area contributed by atoms with Crippen LogP contribution in [0.25, 0.3) is 0 Å². The van der Waals surface area contributed by atoms with Crippen LogP contribution < -0.4 is 10.1 Å². The van der Waals surface area contributed by atoms with Crippen molar-refractivity contribution in [3.05, 3.63) is 46.5 Å². The van der Waals surface area contributed by atoms with Gasteiger partial charge in [0.2, 0.25) is 0 Å². The summed E-state index contributed by atoms with van der Waals surface area (Å²) in [5.41, 5.74) is 2.63. The molecule has 0 saturated heterocycles. The molecule has 0 aliphatic carbocycles. The van der Waals surface area contributed by atoms with Gasteiger partial charge in [-0.2, -0.15) is 0 Å². The topological polar surface area (TPSA) is 56.1 Å². The van der Waals surface area contributed by atoms with Crippen molar-refractivity contribution in [2.75, 3.05) is 13.2 Å². The third-order valence-electron chi connectivity index (χ3n) is 3.48. The van der Waals surface area contributed by atoms with Crippen LogP contribution in [0.2, 0.25) is 5.02 Å². The Morgan fingerprint density at radius 3 is 2.77 bits per heavy atom. The lowest BCUT2D eigenvalue weighted by Crippen LogP contribution is -2.27. The number of ether oxygens (including phenoxy) is 1. The summed E-state index contributed by atoms with van der Waals surface area (Å²) in [5, 5.41) is 3.32. The van der Waals surface area contributed by atoms with Gasteiger partial charge in [0.1, 0.15) is 5.75 Å². The minimum atomic E-state index is -0.153. The molecule has 0 radical (unpaired) electrons. The first-order valence-corrected chi connectivity index (χ1v) is 7.59. The van der Waals surface area contributed by atoms with Crippen LogP contribution >= 0.6 is 11.6 Å². The number of carbonyl (C=O) groups is 1. The van der Waals surface area contributed by atoms with Crippen molar-refractivity contribution in [1.82, 2.24) is 14.9 Å². The van der Waals surface area contributed by atoms with Gasteiger partial charge in [-0.05, 0) is 39.0 Å². The summed E-state index contributed by atoms with van der Waals surface area (Å²) in [6, 6.07) is 5.04. The van der Waals surface area contributed by atoms with Crippen LogP contribution in [-0.2, 0) is 6.54 Å². The summed E-state index contributed by atoms with van der Waals surface area (Å²) < 4.78 is 7.37. The predicted molar refractivity (Wildman–Crippen MR) is 86.7 cm³/mol. The SMILES string of the molecule is CCOc1ccc(C(=O)NCCn2cnc(C)c2C)cc1Cl. The van der Waals surface area contributed by atoms with Gasteiger partial charge in [-0.25, -0.2) is 4.98 Å². The maximum Gasteiger partial charge on any atom is 0.251 e. The van der Waals surface area contributed by atoms with Gasteiger partial charge in [-0.3, -0.25) is 4.79 Å². The first kappa shape index (κ1) is 16.4. The smallest absolute Gasteiger partial charge is 0.251 e. The molecule has 0 aliphatic rings. The van der Waals surface area contributed by atoms with Crippen LogP contribution in [0.4, 0.5) is 0 Å². The number of halogens is 1. The third-order valence-corrected chi connectivity index (χ3v) is 3.77. The lowest BCUT2D eigenvalue weighted by atomic mass is 10.2. The Balaban J connectivity index is 1.92. The van der Waals surface area contributed by atoms with E-state index in [0.717, 1.165) is 11.4 Å². The van der Waals surface area contributed by atoms with Gasteiger partial charge in [0, 0.05) is 24.3 Å². The van der Waals surface area contributed by atoms with Crippen molar-refractivity contribution in [3.63, 3.8) is 0 Å². The molecule has 0 unspecified atom stereocenters. The Morgan fingerprint density at radius 1 is 1.41 bits per heavy atom. The molecular weight excluding hydrogens is 302 g/mol. The molecule has 0 saturated carbocycles. The average Bonchev–Trinajstić information content (AvgIpc) is 2.81. The van der Waals surface area contributed by atoms with Crippen LogP contribution in [0.15, 0.2) is 24.5 Å². The van der Waals surface area contributed by atoms with E-state index >= 15 is 0 Å². The standard InChI is InChI=1S/C16H20ClN3O2/c1-4-22-15-6-5-13(9-14(15)17)16(21)18-7-8-20-10-19-11(2)12(20)3/h5-6,9-10H,4,7-8H2,1-3H3,(H,18,21). The monoisotopic (exact) mass is 321 g/mol. The second kappa shape index (κ2) is 7.31. The molecule has 1 N–H and O–H groups in total. The molecule has 0 aliphatic heterocycles. The van der Waals surface area contributed by atoms with Crippen molar-refractivity contribution >= 4 is 17.5 Å². The van der Waals surface area contributed by atoms with Crippen molar-refractivity contribution in [3.8, 4) is 5.75 Å². The number of hydrogen-bond acceptors (Lipinski definition) is 3. The number of nitrogens with zero attached hydrogens (tertiary/aromatic N) is 2. The van der Waals surface area contributed by atoms with Crippen molar-refractivity contribution in [2.45, 2.75) is 27.3 Å². The molecule has 22 heavy (non-hydrogen) atoms. The summed E-state index contributed by atoms with van der Waals surface area (Å²) in [4.78, 5) is 16.3. The number of aryl methyl sites for hydroxylation is 1. The molecule has 118 valence electrons. The maximum absolute atomic E-state index is 12.1. The number of aromatic nitrogens is 2. The quantitative estimate of drug-likeness (QED) is 0.890. The second-order valence-corrected chi connectivity index (χ2v) is 5.35. The Hall–Kier alpha value is -2.01. The van der Waals surface area contributed by atoms with Crippen LogP contribution in [0.1, 0.15) is 28.7 Å². The van der Waals surface area contributed by atoms with Gasteiger partial charge in [0.05, 0.1) is 23.7 Å². The number of rotatable bonds is 6. The fourth-order valence-corrected chi connectivity index (χ4v) is 2.31. The highest BCUT2D eigenvalue weighted by atomic mass is 35.5. The molecule has 1 aromatic heterocycles. The van der Waals surface area contributed by atoms with E-state index in [9.17, 15) is 4.79 Å². The lowest BCUT2D eigenvalue weighted by Gasteiger charge is -2.09. The zero-order valence-electron chi connectivity index (χ0n) is 13.0. The normalized spacial score (nSPS) is 10.5. The molecule has 0 atom stereocenters. The van der Waals surface area contributed by atoms with Gasteiger partial charge < -0.3 is 14.6 Å². The molecule has 5 nitrogen and oxygen atoms in total. The Kier molecular flexibility index (Phi) is 5.44. The van der Waals surface area contributed by atoms with Crippen LogP contribution in [0, 0.1) is 13.8 Å². The fourth-order valence-electron chi connectivity index (χ4n) is 2.08. The van der Waals surface area contributed by atoms with Gasteiger partial charge in [-0.15, -0.1) is 0 Å². The zero-order valence-corrected chi connectivity index (χ0v) is 13.8. The minimum Gasteiger partial charge on any atom is -0.492 e. The highest BCUT2D eigenvalue weighted by Crippen LogP contribution is 2.25. The summed E-state index contributed by atoms with van der Waals surface area (Å²) in [5.74, 6) is 0.435. The van der Waals surface area contributed by atoms with Crippen molar-refractivity contribution in [1.29, 1.82) is 0 Å². The van der Waals surface area contributed by atoms with E-state index in [2.05, 4.69) is 10.3 Å². The third kappa shape index (κ3) is 3.80. The largest absolute Gasteiger partial charge is 0.492 e. The molecule has 2 aromatic rings. The molecule has 1 amide bonds. The number of hydrogen-bond donors (Lipinski definition) is 1. The van der Waals surface area contributed by atoms with E-state index in [1.807, 2.05) is 25.3 Å². The van der Waals surface area contributed by atoms with E-state index in [-0.39, 0.29) is 5.91 Å². The number of imidazole rings is 1. The number of carbonyl (C=O) groups excluding carboxylic acids is 1. The van der Waals surface area contributed by atoms with Gasteiger partial charge >= 0.3 is 0 Å². The van der Waals surface area contributed by atoms with Gasteiger partial charge in [-0.1, -0.05) is 11.6 Å². The fraction of sp³-hybridized carbons (Fsp3) is 0.375. The second-order valence-electron chi connectivity index (χ2n) is 4.94. The summed E-state index contributed by atoms with van der Waals surface area (Å²) >= 11 is 6.09. The van der Waals surface area contributed by atoms with Crippen LogP contribution in [0.5, 0.6) is 5.75 Å². The van der Waals surface area contributed by atoms with Gasteiger partial charge in [0.25, 0.3) is 5.91 Å². The molecular formula is C16H20ClN3O2. The van der Waals surface area contributed by atoms with E-state index in [4.69, 9.17) is 16.3 Å². The van der Waals surface area contributed by atoms with Crippen LogP contribution in [0.3, 0.4) is 0 Å². The minimum absolute atomic E-state index is 0.153. The van der Waals surface area contributed by atoms with Gasteiger partial charge in [0.15, 0.2) is 0 Å². The molecule has 0 bridgehead atoms. The Morgan fingerprint density at radius 2 is 2.18 bits per heavy atom. The molecule has 1 heterocycles.